The number of piperidine rings is 1. The van der Waals surface area contributed by atoms with Gasteiger partial charge in [-0.05, 0) is 67.6 Å². The third-order valence-electron chi connectivity index (χ3n) is 6.66. The lowest BCUT2D eigenvalue weighted by Crippen LogP contribution is -2.52. The molecule has 0 saturated carbocycles. The zero-order valence-corrected chi connectivity index (χ0v) is 20.6. The van der Waals surface area contributed by atoms with Crippen molar-refractivity contribution in [3.63, 3.8) is 0 Å². The number of nitriles is 1. The molecule has 0 N–H and O–H groups in total. The molecule has 34 heavy (non-hydrogen) atoms. The smallest absolute Gasteiger partial charge is 0.245 e. The monoisotopic (exact) mass is 502 g/mol. The van der Waals surface area contributed by atoms with Gasteiger partial charge in [0.2, 0.25) is 21.8 Å². The molecule has 2 aromatic carbocycles. The van der Waals surface area contributed by atoms with Crippen LogP contribution in [0.25, 0.3) is 10.8 Å². The number of benzene rings is 2. The highest BCUT2D eigenvalue weighted by molar-refractivity contribution is 7.89. The highest BCUT2D eigenvalue weighted by atomic mass is 35.5. The lowest BCUT2D eigenvalue weighted by molar-refractivity contribution is -0.144. The molecule has 2 saturated heterocycles. The van der Waals surface area contributed by atoms with E-state index >= 15 is 0 Å². The van der Waals surface area contributed by atoms with E-state index in [2.05, 4.69) is 0 Å². The number of fused-ring (bicyclic) bond motifs is 1. The average Bonchev–Trinajstić information content (AvgIpc) is 3.22. The van der Waals surface area contributed by atoms with Crippen molar-refractivity contribution in [1.82, 2.24) is 14.1 Å². The van der Waals surface area contributed by atoms with E-state index in [1.54, 1.807) is 36.1 Å². The number of amides is 2. The van der Waals surface area contributed by atoms with Crippen LogP contribution >= 0.6 is 11.6 Å². The van der Waals surface area contributed by atoms with Crippen LogP contribution in [0.3, 0.4) is 0 Å². The van der Waals surface area contributed by atoms with Crippen molar-refractivity contribution in [1.29, 1.82) is 5.26 Å². The van der Waals surface area contributed by atoms with Gasteiger partial charge in [-0.1, -0.05) is 23.7 Å². The fraction of sp³-hybridized carbons (Fsp3) is 0.458. The lowest BCUT2D eigenvalue weighted by Gasteiger charge is -2.33. The number of rotatable bonds is 6. The summed E-state index contributed by atoms with van der Waals surface area (Å²) in [5.74, 6) is -0.555. The molecule has 2 amide bonds. The number of sulfonamides is 1. The first-order chi connectivity index (χ1) is 16.2. The first-order valence-corrected chi connectivity index (χ1v) is 13.2. The van der Waals surface area contributed by atoms with Crippen LogP contribution in [-0.4, -0.2) is 72.6 Å². The first-order valence-electron chi connectivity index (χ1n) is 11.4. The second kappa shape index (κ2) is 9.90. The molecular weight excluding hydrogens is 476 g/mol. The van der Waals surface area contributed by atoms with Crippen LogP contribution in [0.4, 0.5) is 0 Å². The molecule has 4 rings (SSSR count). The zero-order valence-electron chi connectivity index (χ0n) is 19.0. The van der Waals surface area contributed by atoms with Crippen LogP contribution in [0.1, 0.15) is 32.6 Å². The summed E-state index contributed by atoms with van der Waals surface area (Å²) < 4.78 is 28.0. The van der Waals surface area contributed by atoms with E-state index in [0.29, 0.717) is 23.5 Å². The molecule has 2 aliphatic rings. The summed E-state index contributed by atoms with van der Waals surface area (Å²) in [6.45, 7) is 2.85. The number of carbonyl (C=O) groups is 2. The molecule has 10 heteroatoms. The number of halogens is 1. The predicted molar refractivity (Wildman–Crippen MR) is 128 cm³/mol. The van der Waals surface area contributed by atoms with Gasteiger partial charge in [0.25, 0.3) is 0 Å². The maximum absolute atomic E-state index is 13.5. The van der Waals surface area contributed by atoms with Crippen molar-refractivity contribution in [3.8, 4) is 6.07 Å². The van der Waals surface area contributed by atoms with Crippen LogP contribution < -0.4 is 0 Å². The minimum absolute atomic E-state index is 0.00117. The Morgan fingerprint density at radius 3 is 2.53 bits per heavy atom. The largest absolute Gasteiger partial charge is 0.341 e. The standard InChI is InChI=1S/C24H27ClN4O4S/c1-17(23(30)27-11-3-2-4-12-27)28-13-9-22(24(28)31)29(14-10-26)34(32,33)21-8-6-18-15-20(25)7-5-19(18)16-21/h5-8,15-17,22H,2-4,9,11-14H2,1H3. The molecule has 180 valence electrons. The van der Waals surface area contributed by atoms with E-state index in [1.807, 2.05) is 6.07 Å². The topological polar surface area (TPSA) is 102 Å². The van der Waals surface area contributed by atoms with Crippen molar-refractivity contribution in [3.05, 3.63) is 41.4 Å². The quantitative estimate of drug-likeness (QED) is 0.565. The van der Waals surface area contributed by atoms with Gasteiger partial charge in [-0.15, -0.1) is 0 Å². The van der Waals surface area contributed by atoms with Crippen LogP contribution in [0, 0.1) is 11.3 Å². The van der Waals surface area contributed by atoms with Gasteiger partial charge in [0, 0.05) is 24.7 Å². The van der Waals surface area contributed by atoms with Gasteiger partial charge in [0.1, 0.15) is 18.6 Å². The second-order valence-corrected chi connectivity index (χ2v) is 11.1. The van der Waals surface area contributed by atoms with E-state index in [-0.39, 0.29) is 23.8 Å². The maximum Gasteiger partial charge on any atom is 0.245 e. The Morgan fingerprint density at radius 1 is 1.15 bits per heavy atom. The van der Waals surface area contributed by atoms with Crippen LogP contribution in [0.2, 0.25) is 5.02 Å². The summed E-state index contributed by atoms with van der Waals surface area (Å²) in [6.07, 6.45) is 3.20. The predicted octanol–water partition coefficient (Wildman–Crippen LogP) is 3.01. The Balaban J connectivity index is 1.58. The Hall–Kier alpha value is -2.67. The van der Waals surface area contributed by atoms with Gasteiger partial charge in [-0.25, -0.2) is 8.42 Å². The molecule has 2 fully saturated rings. The van der Waals surface area contributed by atoms with Gasteiger partial charge in [-0.3, -0.25) is 9.59 Å². The number of hydrogen-bond donors (Lipinski definition) is 0. The Kier molecular flexibility index (Phi) is 7.12. The molecule has 0 aliphatic carbocycles. The molecule has 8 nitrogen and oxygen atoms in total. The molecule has 2 heterocycles. The summed E-state index contributed by atoms with van der Waals surface area (Å²) in [5.41, 5.74) is 0. The summed E-state index contributed by atoms with van der Waals surface area (Å²) in [5, 5.41) is 11.4. The van der Waals surface area contributed by atoms with Crippen molar-refractivity contribution in [2.45, 2.75) is 49.6 Å². The average molecular weight is 503 g/mol. The summed E-state index contributed by atoms with van der Waals surface area (Å²) in [6, 6.07) is 9.95. The SMILES string of the molecule is CC(C(=O)N1CCCCC1)N1CCC(N(CC#N)S(=O)(=O)c2ccc3cc(Cl)ccc3c2)C1=O. The van der Waals surface area contributed by atoms with E-state index in [9.17, 15) is 23.3 Å². The highest BCUT2D eigenvalue weighted by Crippen LogP contribution is 2.29. The first kappa shape index (κ1) is 24.5. The van der Waals surface area contributed by atoms with Crippen molar-refractivity contribution < 1.29 is 18.0 Å². The fourth-order valence-electron chi connectivity index (χ4n) is 4.77. The summed E-state index contributed by atoms with van der Waals surface area (Å²) in [4.78, 5) is 29.5. The van der Waals surface area contributed by atoms with E-state index < -0.39 is 34.6 Å². The second-order valence-electron chi connectivity index (χ2n) is 8.76. The summed E-state index contributed by atoms with van der Waals surface area (Å²) in [7, 11) is -4.14. The molecule has 0 aromatic heterocycles. The van der Waals surface area contributed by atoms with E-state index in [4.69, 9.17) is 11.6 Å². The third-order valence-corrected chi connectivity index (χ3v) is 8.74. The van der Waals surface area contributed by atoms with E-state index in [1.165, 1.54) is 17.0 Å². The minimum atomic E-state index is -4.14. The molecule has 0 radical (unpaired) electrons. The Labute approximate surface area is 204 Å². The lowest BCUT2D eigenvalue weighted by atomic mass is 10.1. The normalized spacial score (nSPS) is 20.1. The Bertz CT molecular complexity index is 1250. The third kappa shape index (κ3) is 4.63. The molecule has 0 spiro atoms. The van der Waals surface area contributed by atoms with Gasteiger partial charge in [-0.2, -0.15) is 9.57 Å². The Morgan fingerprint density at radius 2 is 1.82 bits per heavy atom. The molecule has 2 aromatic rings. The number of nitrogens with zero attached hydrogens (tertiary/aromatic N) is 4. The molecule has 0 bridgehead atoms. The van der Waals surface area contributed by atoms with E-state index in [0.717, 1.165) is 29.0 Å². The summed E-state index contributed by atoms with van der Waals surface area (Å²) >= 11 is 6.02. The highest BCUT2D eigenvalue weighted by Gasteiger charge is 2.45. The van der Waals surface area contributed by atoms with Crippen molar-refractivity contribution in [2.75, 3.05) is 26.2 Å². The van der Waals surface area contributed by atoms with Gasteiger partial charge < -0.3 is 9.80 Å². The minimum Gasteiger partial charge on any atom is -0.341 e. The fourth-order valence-corrected chi connectivity index (χ4v) is 6.50. The number of carbonyl (C=O) groups excluding carboxylic acids is 2. The van der Waals surface area contributed by atoms with Gasteiger partial charge in [0.05, 0.1) is 11.0 Å². The van der Waals surface area contributed by atoms with Gasteiger partial charge in [0.15, 0.2) is 0 Å². The molecule has 2 atom stereocenters. The van der Waals surface area contributed by atoms with Crippen LogP contribution in [-0.2, 0) is 19.6 Å². The number of likely N-dealkylation sites (tertiary alicyclic amines) is 2. The van der Waals surface area contributed by atoms with Crippen molar-refractivity contribution >= 4 is 44.2 Å². The van der Waals surface area contributed by atoms with Crippen molar-refractivity contribution in [2.24, 2.45) is 0 Å². The van der Waals surface area contributed by atoms with Gasteiger partial charge >= 0.3 is 0 Å². The molecule has 2 aliphatic heterocycles. The molecular formula is C24H27ClN4O4S. The maximum atomic E-state index is 13.5. The zero-order chi connectivity index (χ0) is 24.5. The number of hydrogen-bond acceptors (Lipinski definition) is 5. The van der Waals surface area contributed by atoms with Crippen LogP contribution in [0.15, 0.2) is 41.3 Å². The van der Waals surface area contributed by atoms with Crippen LogP contribution in [0.5, 0.6) is 0 Å². The molecule has 2 unspecified atom stereocenters.